The second-order valence-corrected chi connectivity index (χ2v) is 3.99. The van der Waals surface area contributed by atoms with E-state index in [-0.39, 0.29) is 22.6 Å². The van der Waals surface area contributed by atoms with Gasteiger partial charge in [0.15, 0.2) is 17.5 Å². The lowest BCUT2D eigenvalue weighted by Gasteiger charge is -2.09. The van der Waals surface area contributed by atoms with E-state index in [2.05, 4.69) is 5.32 Å². The van der Waals surface area contributed by atoms with E-state index < -0.39 is 23.4 Å². The number of hydrogen-bond donors (Lipinski definition) is 3. The number of carboxylic acid groups (broad SMARTS) is 1. The summed E-state index contributed by atoms with van der Waals surface area (Å²) in [4.78, 5) is 10.9. The minimum Gasteiger partial charge on any atom is -0.478 e. The summed E-state index contributed by atoms with van der Waals surface area (Å²) in [6, 6.07) is 5.49. The fourth-order valence-electron chi connectivity index (χ4n) is 1.61. The number of anilines is 3. The van der Waals surface area contributed by atoms with Gasteiger partial charge in [0.1, 0.15) is 0 Å². The van der Waals surface area contributed by atoms with Crippen molar-refractivity contribution in [1.82, 2.24) is 0 Å². The van der Waals surface area contributed by atoms with E-state index in [1.54, 1.807) is 0 Å². The van der Waals surface area contributed by atoms with Crippen molar-refractivity contribution < 1.29 is 23.1 Å². The van der Waals surface area contributed by atoms with Crippen LogP contribution in [0.2, 0.25) is 0 Å². The van der Waals surface area contributed by atoms with Gasteiger partial charge in [-0.25, -0.2) is 18.0 Å². The first-order chi connectivity index (χ1) is 9.38. The Morgan fingerprint density at radius 2 is 1.65 bits per heavy atom. The van der Waals surface area contributed by atoms with E-state index in [1.807, 2.05) is 0 Å². The van der Waals surface area contributed by atoms with Crippen LogP contribution in [0.4, 0.5) is 30.2 Å². The summed E-state index contributed by atoms with van der Waals surface area (Å²) in [6.45, 7) is 0. The average molecular weight is 282 g/mol. The van der Waals surface area contributed by atoms with Gasteiger partial charge in [0, 0.05) is 29.2 Å². The van der Waals surface area contributed by atoms with E-state index in [1.165, 1.54) is 18.2 Å². The first-order valence-electron chi connectivity index (χ1n) is 5.43. The largest absolute Gasteiger partial charge is 0.478 e. The third-order valence-electron chi connectivity index (χ3n) is 2.56. The number of nitrogens with one attached hydrogen (secondary N) is 1. The molecule has 104 valence electrons. The minimum absolute atomic E-state index is 0.0532. The maximum Gasteiger partial charge on any atom is 0.337 e. The maximum absolute atomic E-state index is 13.0. The highest BCUT2D eigenvalue weighted by Crippen LogP contribution is 2.24. The fourth-order valence-corrected chi connectivity index (χ4v) is 1.61. The summed E-state index contributed by atoms with van der Waals surface area (Å²) < 4.78 is 38.9. The Morgan fingerprint density at radius 1 is 1.05 bits per heavy atom. The summed E-state index contributed by atoms with van der Waals surface area (Å²) in [5.74, 6) is -5.50. The minimum atomic E-state index is -1.57. The van der Waals surface area contributed by atoms with E-state index >= 15 is 0 Å². The van der Waals surface area contributed by atoms with Crippen molar-refractivity contribution >= 4 is 23.0 Å². The number of rotatable bonds is 3. The number of nitrogen functional groups attached to an aromatic ring is 1. The average Bonchev–Trinajstić information content (AvgIpc) is 2.38. The van der Waals surface area contributed by atoms with Crippen molar-refractivity contribution in [3.8, 4) is 0 Å². The molecule has 0 fully saturated rings. The molecule has 0 aliphatic carbocycles. The molecule has 0 saturated carbocycles. The predicted octanol–water partition coefficient (Wildman–Crippen LogP) is 3.13. The van der Waals surface area contributed by atoms with Crippen LogP contribution >= 0.6 is 0 Å². The van der Waals surface area contributed by atoms with Crippen LogP contribution in [0.1, 0.15) is 10.4 Å². The molecule has 4 N–H and O–H groups in total. The first-order valence-corrected chi connectivity index (χ1v) is 5.43. The standard InChI is InChI=1S/C13H9F3N2O2/c14-9-4-7(5-10(15)12(9)16)18-6-1-2-11(17)8(3-6)13(19)20/h1-5,18H,17H2,(H,19,20). The summed E-state index contributed by atoms with van der Waals surface area (Å²) in [6.07, 6.45) is 0. The Bertz CT molecular complexity index is 666. The van der Waals surface area contributed by atoms with Gasteiger partial charge in [-0.15, -0.1) is 0 Å². The quantitative estimate of drug-likeness (QED) is 0.597. The highest BCUT2D eigenvalue weighted by atomic mass is 19.2. The lowest BCUT2D eigenvalue weighted by molar-refractivity contribution is 0.0698. The van der Waals surface area contributed by atoms with Crippen LogP contribution in [0.15, 0.2) is 30.3 Å². The molecule has 2 aromatic carbocycles. The van der Waals surface area contributed by atoms with Gasteiger partial charge in [0.2, 0.25) is 0 Å². The molecule has 0 aromatic heterocycles. The molecule has 0 bridgehead atoms. The van der Waals surface area contributed by atoms with Crippen LogP contribution < -0.4 is 11.1 Å². The van der Waals surface area contributed by atoms with Crippen LogP contribution in [0.3, 0.4) is 0 Å². The van der Waals surface area contributed by atoms with Crippen LogP contribution in [-0.4, -0.2) is 11.1 Å². The van der Waals surface area contributed by atoms with E-state index in [0.29, 0.717) is 0 Å². The molecule has 7 heteroatoms. The zero-order valence-electron chi connectivity index (χ0n) is 9.95. The summed E-state index contributed by atoms with van der Waals surface area (Å²) in [5, 5.41) is 11.5. The number of halogens is 3. The predicted molar refractivity (Wildman–Crippen MR) is 67.4 cm³/mol. The fraction of sp³-hybridized carbons (Fsp3) is 0. The number of nitrogens with two attached hydrogens (primary N) is 1. The summed E-state index contributed by atoms with van der Waals surface area (Å²) >= 11 is 0. The van der Waals surface area contributed by atoms with Gasteiger partial charge in [-0.1, -0.05) is 0 Å². The molecule has 0 aliphatic rings. The molecule has 0 heterocycles. The highest BCUT2D eigenvalue weighted by Gasteiger charge is 2.12. The molecule has 4 nitrogen and oxygen atoms in total. The van der Waals surface area contributed by atoms with E-state index in [9.17, 15) is 18.0 Å². The van der Waals surface area contributed by atoms with Crippen molar-refractivity contribution in [2.24, 2.45) is 0 Å². The van der Waals surface area contributed by atoms with Crippen LogP contribution in [0.5, 0.6) is 0 Å². The van der Waals surface area contributed by atoms with Crippen LogP contribution in [0, 0.1) is 17.5 Å². The smallest absolute Gasteiger partial charge is 0.337 e. The molecule has 0 radical (unpaired) electrons. The van der Waals surface area contributed by atoms with Crippen molar-refractivity contribution in [2.75, 3.05) is 11.1 Å². The summed E-state index contributed by atoms with van der Waals surface area (Å²) in [5.41, 5.74) is 5.57. The van der Waals surface area contributed by atoms with E-state index in [4.69, 9.17) is 10.8 Å². The molecule has 0 aliphatic heterocycles. The zero-order chi connectivity index (χ0) is 14.9. The van der Waals surface area contributed by atoms with Crippen molar-refractivity contribution in [2.45, 2.75) is 0 Å². The van der Waals surface area contributed by atoms with Crippen molar-refractivity contribution in [3.05, 3.63) is 53.3 Å². The van der Waals surface area contributed by atoms with Gasteiger partial charge in [0.05, 0.1) is 5.56 Å². The normalized spacial score (nSPS) is 10.3. The van der Waals surface area contributed by atoms with Gasteiger partial charge in [-0.05, 0) is 18.2 Å². The Hall–Kier alpha value is -2.70. The third kappa shape index (κ3) is 2.66. The van der Waals surface area contributed by atoms with Gasteiger partial charge in [-0.2, -0.15) is 0 Å². The summed E-state index contributed by atoms with van der Waals surface area (Å²) in [7, 11) is 0. The number of aromatic carboxylic acids is 1. The lowest BCUT2D eigenvalue weighted by atomic mass is 10.1. The SMILES string of the molecule is Nc1ccc(Nc2cc(F)c(F)c(F)c2)cc1C(=O)O. The molecular weight excluding hydrogens is 273 g/mol. The van der Waals surface area contributed by atoms with Gasteiger partial charge < -0.3 is 16.2 Å². The highest BCUT2D eigenvalue weighted by molar-refractivity contribution is 5.95. The third-order valence-corrected chi connectivity index (χ3v) is 2.56. The number of benzene rings is 2. The second-order valence-electron chi connectivity index (χ2n) is 3.99. The molecular formula is C13H9F3N2O2. The number of carbonyl (C=O) groups is 1. The first kappa shape index (κ1) is 13.7. The molecule has 0 atom stereocenters. The van der Waals surface area contributed by atoms with Gasteiger partial charge in [-0.3, -0.25) is 0 Å². The zero-order valence-corrected chi connectivity index (χ0v) is 9.95. The molecule has 2 aromatic rings. The molecule has 0 saturated heterocycles. The van der Waals surface area contributed by atoms with Crippen molar-refractivity contribution in [3.63, 3.8) is 0 Å². The maximum atomic E-state index is 13.0. The molecule has 2 rings (SSSR count). The lowest BCUT2D eigenvalue weighted by Crippen LogP contribution is -2.03. The van der Waals surface area contributed by atoms with Gasteiger partial charge in [0.25, 0.3) is 0 Å². The molecule has 0 unspecified atom stereocenters. The van der Waals surface area contributed by atoms with Crippen molar-refractivity contribution in [1.29, 1.82) is 0 Å². The molecule has 20 heavy (non-hydrogen) atoms. The van der Waals surface area contributed by atoms with Crippen LogP contribution in [-0.2, 0) is 0 Å². The topological polar surface area (TPSA) is 75.3 Å². The Labute approximate surface area is 111 Å². The Balaban J connectivity index is 2.35. The van der Waals surface area contributed by atoms with E-state index in [0.717, 1.165) is 12.1 Å². The van der Waals surface area contributed by atoms with Gasteiger partial charge >= 0.3 is 5.97 Å². The number of carboxylic acids is 1. The molecule has 0 amide bonds. The van der Waals surface area contributed by atoms with Crippen LogP contribution in [0.25, 0.3) is 0 Å². The second kappa shape index (κ2) is 5.12. The Morgan fingerprint density at radius 3 is 2.20 bits per heavy atom. The molecule has 0 spiro atoms. The Kier molecular flexibility index (Phi) is 3.51. The number of hydrogen-bond acceptors (Lipinski definition) is 3. The monoisotopic (exact) mass is 282 g/mol.